The number of hydrogen-bond donors (Lipinski definition) is 2. The third-order valence-electron chi connectivity index (χ3n) is 2.73. The van der Waals surface area contributed by atoms with Gasteiger partial charge in [0.15, 0.2) is 0 Å². The van der Waals surface area contributed by atoms with Crippen LogP contribution in [0.1, 0.15) is 16.3 Å². The number of hydrogen-bond acceptors (Lipinski definition) is 4. The quantitative estimate of drug-likeness (QED) is 0.892. The molecule has 0 atom stereocenters. The molecule has 1 amide bonds. The van der Waals surface area contributed by atoms with Gasteiger partial charge in [-0.25, -0.2) is 4.98 Å². The molecule has 2 rings (SSSR count). The van der Waals surface area contributed by atoms with Crippen molar-refractivity contribution >= 4 is 34.5 Å². The lowest BCUT2D eigenvalue weighted by Crippen LogP contribution is -2.28. The van der Waals surface area contributed by atoms with Crippen LogP contribution in [0.3, 0.4) is 0 Å². The van der Waals surface area contributed by atoms with Crippen molar-refractivity contribution in [1.29, 1.82) is 0 Å². The summed E-state index contributed by atoms with van der Waals surface area (Å²) in [6, 6.07) is 5.43. The number of aryl methyl sites for hydroxylation is 2. The maximum Gasteiger partial charge on any atom is 0.238 e. The van der Waals surface area contributed by atoms with Crippen LogP contribution in [0.2, 0.25) is 5.02 Å². The molecule has 0 unspecified atom stereocenters. The molecule has 20 heavy (non-hydrogen) atoms. The first-order valence-corrected chi connectivity index (χ1v) is 7.48. The number of amides is 1. The summed E-state index contributed by atoms with van der Waals surface area (Å²) >= 11 is 7.52. The lowest BCUT2D eigenvalue weighted by Gasteiger charge is -2.09. The smallest absolute Gasteiger partial charge is 0.238 e. The lowest BCUT2D eigenvalue weighted by atomic mass is 10.2. The largest absolute Gasteiger partial charge is 0.325 e. The van der Waals surface area contributed by atoms with E-state index >= 15 is 0 Å². The fraction of sp³-hybridized carbons (Fsp3) is 0.286. The summed E-state index contributed by atoms with van der Waals surface area (Å²) in [6.07, 6.45) is 0. The molecule has 1 aromatic heterocycles. The van der Waals surface area contributed by atoms with E-state index in [1.165, 1.54) is 0 Å². The molecule has 1 heterocycles. The molecule has 0 fully saturated rings. The highest BCUT2D eigenvalue weighted by Crippen LogP contribution is 2.19. The van der Waals surface area contributed by atoms with E-state index < -0.39 is 0 Å². The van der Waals surface area contributed by atoms with E-state index in [1.807, 2.05) is 25.3 Å². The van der Waals surface area contributed by atoms with Gasteiger partial charge in [0, 0.05) is 22.6 Å². The van der Waals surface area contributed by atoms with Gasteiger partial charge in [-0.1, -0.05) is 17.7 Å². The second kappa shape index (κ2) is 6.83. The number of benzene rings is 1. The molecule has 106 valence electrons. The van der Waals surface area contributed by atoms with Crippen molar-refractivity contribution < 1.29 is 4.79 Å². The molecule has 4 nitrogen and oxygen atoms in total. The van der Waals surface area contributed by atoms with Gasteiger partial charge in [-0.05, 0) is 31.5 Å². The van der Waals surface area contributed by atoms with Gasteiger partial charge in [0.1, 0.15) is 0 Å². The van der Waals surface area contributed by atoms with Crippen LogP contribution in [0.25, 0.3) is 0 Å². The maximum absolute atomic E-state index is 11.8. The van der Waals surface area contributed by atoms with Crippen molar-refractivity contribution in [2.45, 2.75) is 20.4 Å². The zero-order valence-electron chi connectivity index (χ0n) is 11.4. The molecule has 2 aromatic rings. The summed E-state index contributed by atoms with van der Waals surface area (Å²) in [5.74, 6) is -0.0951. The van der Waals surface area contributed by atoms with E-state index in [4.69, 9.17) is 11.6 Å². The molecule has 0 bridgehead atoms. The summed E-state index contributed by atoms with van der Waals surface area (Å²) in [6.45, 7) is 4.72. The molecule has 0 aliphatic carbocycles. The van der Waals surface area contributed by atoms with Crippen LogP contribution in [-0.2, 0) is 11.3 Å². The van der Waals surface area contributed by atoms with E-state index in [1.54, 1.807) is 23.5 Å². The van der Waals surface area contributed by atoms with Crippen molar-refractivity contribution in [2.75, 3.05) is 11.9 Å². The Balaban J connectivity index is 1.82. The highest BCUT2D eigenvalue weighted by Gasteiger charge is 2.06. The highest BCUT2D eigenvalue weighted by molar-refractivity contribution is 7.09. The molecule has 6 heteroatoms. The molecule has 0 aliphatic rings. The Labute approximate surface area is 127 Å². The van der Waals surface area contributed by atoms with Crippen LogP contribution >= 0.6 is 22.9 Å². The number of halogens is 1. The summed E-state index contributed by atoms with van der Waals surface area (Å²) in [4.78, 5) is 16.2. The molecule has 0 aliphatic heterocycles. The number of nitrogens with one attached hydrogen (secondary N) is 2. The Morgan fingerprint density at radius 1 is 1.40 bits per heavy atom. The van der Waals surface area contributed by atoms with Gasteiger partial charge in [-0.2, -0.15) is 0 Å². The predicted molar refractivity (Wildman–Crippen MR) is 83.4 cm³/mol. The van der Waals surface area contributed by atoms with Gasteiger partial charge in [0.2, 0.25) is 5.91 Å². The molecule has 0 spiro atoms. The van der Waals surface area contributed by atoms with Crippen LogP contribution in [0.15, 0.2) is 23.6 Å². The minimum absolute atomic E-state index is 0.0951. The average molecular weight is 310 g/mol. The Bertz CT molecular complexity index is 612. The zero-order chi connectivity index (χ0) is 14.5. The van der Waals surface area contributed by atoms with Crippen molar-refractivity contribution in [2.24, 2.45) is 0 Å². The molecule has 0 saturated heterocycles. The molecular weight excluding hydrogens is 294 g/mol. The number of anilines is 1. The van der Waals surface area contributed by atoms with Gasteiger partial charge >= 0.3 is 0 Å². The number of carbonyl (C=O) groups excluding carboxylic acids is 1. The molecular formula is C14H16ClN3OS. The number of thiazole rings is 1. The fourth-order valence-electron chi connectivity index (χ4n) is 1.72. The average Bonchev–Trinajstić information content (AvgIpc) is 2.80. The topological polar surface area (TPSA) is 54.0 Å². The summed E-state index contributed by atoms with van der Waals surface area (Å²) in [7, 11) is 0. The second-order valence-electron chi connectivity index (χ2n) is 4.47. The molecule has 1 aromatic carbocycles. The first kappa shape index (κ1) is 15.0. The minimum atomic E-state index is -0.0951. The Morgan fingerprint density at radius 2 is 2.20 bits per heavy atom. The van der Waals surface area contributed by atoms with Crippen molar-refractivity contribution in [1.82, 2.24) is 10.3 Å². The monoisotopic (exact) mass is 309 g/mol. The van der Waals surface area contributed by atoms with Crippen LogP contribution in [0.4, 0.5) is 5.69 Å². The molecule has 0 radical (unpaired) electrons. The number of carbonyl (C=O) groups is 1. The number of nitrogens with zero attached hydrogens (tertiary/aromatic N) is 1. The van der Waals surface area contributed by atoms with E-state index in [0.29, 0.717) is 11.6 Å². The van der Waals surface area contributed by atoms with Crippen LogP contribution < -0.4 is 10.6 Å². The van der Waals surface area contributed by atoms with E-state index in [2.05, 4.69) is 15.6 Å². The summed E-state index contributed by atoms with van der Waals surface area (Å²) < 4.78 is 0. The minimum Gasteiger partial charge on any atom is -0.325 e. The predicted octanol–water partition coefficient (Wildman–Crippen LogP) is 3.14. The first-order chi connectivity index (χ1) is 9.54. The third-order valence-corrected chi connectivity index (χ3v) is 3.79. The second-order valence-corrected chi connectivity index (χ2v) is 5.97. The maximum atomic E-state index is 11.8. The lowest BCUT2D eigenvalue weighted by molar-refractivity contribution is -0.115. The molecule has 0 saturated carbocycles. The molecule has 2 N–H and O–H groups in total. The van der Waals surface area contributed by atoms with E-state index in [9.17, 15) is 4.79 Å². The normalized spacial score (nSPS) is 10.6. The number of rotatable bonds is 5. The van der Waals surface area contributed by atoms with Crippen molar-refractivity contribution in [3.05, 3.63) is 44.9 Å². The zero-order valence-corrected chi connectivity index (χ0v) is 12.9. The van der Waals surface area contributed by atoms with Crippen molar-refractivity contribution in [3.8, 4) is 0 Å². The Hall–Kier alpha value is -1.43. The fourth-order valence-corrected chi connectivity index (χ4v) is 2.50. The standard InChI is InChI=1S/C14H16ClN3OS/c1-9-3-4-11(15)5-13(9)18-14(19)7-16-6-12-8-20-10(2)17-12/h3-5,8,16H,6-7H2,1-2H3,(H,18,19). The Morgan fingerprint density at radius 3 is 2.90 bits per heavy atom. The van der Waals surface area contributed by atoms with Gasteiger partial charge in [-0.15, -0.1) is 11.3 Å². The first-order valence-electron chi connectivity index (χ1n) is 6.22. The van der Waals surface area contributed by atoms with Gasteiger partial charge < -0.3 is 10.6 Å². The van der Waals surface area contributed by atoms with Gasteiger partial charge in [0.05, 0.1) is 17.2 Å². The Kier molecular flexibility index (Phi) is 5.11. The van der Waals surface area contributed by atoms with Gasteiger partial charge in [-0.3, -0.25) is 4.79 Å². The SMILES string of the molecule is Cc1nc(CNCC(=O)Nc2cc(Cl)ccc2C)cs1. The summed E-state index contributed by atoms with van der Waals surface area (Å²) in [5, 5.41) is 9.53. The summed E-state index contributed by atoms with van der Waals surface area (Å²) in [5.41, 5.74) is 2.69. The van der Waals surface area contributed by atoms with Crippen molar-refractivity contribution in [3.63, 3.8) is 0 Å². The van der Waals surface area contributed by atoms with E-state index in [0.717, 1.165) is 22.0 Å². The van der Waals surface area contributed by atoms with E-state index in [-0.39, 0.29) is 12.5 Å². The number of aromatic nitrogens is 1. The van der Waals surface area contributed by atoms with Crippen LogP contribution in [0.5, 0.6) is 0 Å². The van der Waals surface area contributed by atoms with Gasteiger partial charge in [0.25, 0.3) is 0 Å². The van der Waals surface area contributed by atoms with Crippen LogP contribution in [0, 0.1) is 13.8 Å². The third kappa shape index (κ3) is 4.30. The highest BCUT2D eigenvalue weighted by atomic mass is 35.5. The van der Waals surface area contributed by atoms with Crippen LogP contribution in [-0.4, -0.2) is 17.4 Å².